The van der Waals surface area contributed by atoms with Crippen LogP contribution in [0.15, 0.2) is 47.1 Å². The molecule has 2 aromatic rings. The van der Waals surface area contributed by atoms with Gasteiger partial charge in [0.25, 0.3) is 5.91 Å². The Morgan fingerprint density at radius 3 is 2.62 bits per heavy atom. The molecule has 3 N–H and O–H groups in total. The molecule has 0 saturated heterocycles. The molecule has 0 aliphatic carbocycles. The van der Waals surface area contributed by atoms with Crippen molar-refractivity contribution in [2.24, 2.45) is 5.73 Å². The molecule has 108 valence electrons. The summed E-state index contributed by atoms with van der Waals surface area (Å²) in [4.78, 5) is 26.7. The van der Waals surface area contributed by atoms with E-state index in [1.54, 1.807) is 12.1 Å². The van der Waals surface area contributed by atoms with E-state index in [9.17, 15) is 9.59 Å². The predicted octanol–water partition coefficient (Wildman–Crippen LogP) is 1.96. The molecule has 6 nitrogen and oxygen atoms in total. The predicted molar refractivity (Wildman–Crippen MR) is 81.0 cm³/mol. The van der Waals surface area contributed by atoms with Crippen LogP contribution in [0, 0.1) is 0 Å². The van der Waals surface area contributed by atoms with Crippen molar-refractivity contribution in [2.45, 2.75) is 0 Å². The summed E-state index contributed by atoms with van der Waals surface area (Å²) in [5.74, 6) is -0.144. The second kappa shape index (κ2) is 6.85. The first-order valence-electron chi connectivity index (χ1n) is 5.98. The maximum Gasteiger partial charge on any atom is 0.263 e. The van der Waals surface area contributed by atoms with Crippen LogP contribution in [0.2, 0.25) is 0 Å². The first-order chi connectivity index (χ1) is 10.0. The lowest BCUT2D eigenvalue weighted by molar-refractivity contribution is -0.118. The molecule has 0 aliphatic rings. The van der Waals surface area contributed by atoms with Crippen molar-refractivity contribution in [3.63, 3.8) is 0 Å². The van der Waals surface area contributed by atoms with Crippen LogP contribution < -0.4 is 15.8 Å². The number of pyridine rings is 1. The monoisotopic (exact) mass is 349 g/mol. The molecule has 0 unspecified atom stereocenters. The molecular weight excluding hydrogens is 338 g/mol. The second-order valence-electron chi connectivity index (χ2n) is 4.08. The third kappa shape index (κ3) is 4.57. The minimum atomic E-state index is -0.584. The lowest BCUT2D eigenvalue weighted by Gasteiger charge is -2.07. The number of carbonyl (C=O) groups is 2. The summed E-state index contributed by atoms with van der Waals surface area (Å²) in [6.45, 7) is -0.163. The summed E-state index contributed by atoms with van der Waals surface area (Å²) in [7, 11) is 0. The molecule has 7 heteroatoms. The highest BCUT2D eigenvalue weighted by Gasteiger charge is 2.07. The van der Waals surface area contributed by atoms with E-state index in [2.05, 4.69) is 26.2 Å². The van der Waals surface area contributed by atoms with Gasteiger partial charge in [-0.15, -0.1) is 0 Å². The van der Waals surface area contributed by atoms with Gasteiger partial charge in [-0.3, -0.25) is 9.59 Å². The number of nitrogens with zero attached hydrogens (tertiary/aromatic N) is 1. The number of nitrogens with two attached hydrogens (primary N) is 1. The summed E-state index contributed by atoms with van der Waals surface area (Å²) >= 11 is 3.31. The highest BCUT2D eigenvalue weighted by Crippen LogP contribution is 2.16. The fourth-order valence-electron chi connectivity index (χ4n) is 1.51. The number of benzene rings is 1. The maximum absolute atomic E-state index is 11.7. The quantitative estimate of drug-likeness (QED) is 0.862. The third-order valence-corrected chi connectivity index (χ3v) is 3.02. The van der Waals surface area contributed by atoms with Gasteiger partial charge in [0.2, 0.25) is 5.91 Å². The van der Waals surface area contributed by atoms with Crippen LogP contribution in [0.1, 0.15) is 10.4 Å². The van der Waals surface area contributed by atoms with Crippen molar-refractivity contribution in [1.82, 2.24) is 4.98 Å². The van der Waals surface area contributed by atoms with Crippen molar-refractivity contribution in [2.75, 3.05) is 11.9 Å². The maximum atomic E-state index is 11.7. The lowest BCUT2D eigenvalue weighted by atomic mass is 10.2. The van der Waals surface area contributed by atoms with Gasteiger partial charge in [-0.05, 0) is 36.4 Å². The fraction of sp³-hybridized carbons (Fsp3) is 0.0714. The molecule has 2 amide bonds. The number of aromatic nitrogens is 1. The molecule has 0 atom stereocenters. The summed E-state index contributed by atoms with van der Waals surface area (Å²) < 4.78 is 6.24. The second-order valence-corrected chi connectivity index (χ2v) is 5.00. The van der Waals surface area contributed by atoms with Gasteiger partial charge >= 0.3 is 0 Å². The summed E-state index contributed by atoms with van der Waals surface area (Å²) in [5, 5.41) is 2.53. The number of amides is 2. The molecular formula is C14H12BrN3O3. The van der Waals surface area contributed by atoms with Crippen LogP contribution in [-0.2, 0) is 4.79 Å². The number of nitrogens with one attached hydrogen (secondary N) is 1. The Morgan fingerprint density at radius 1 is 1.24 bits per heavy atom. The van der Waals surface area contributed by atoms with Crippen LogP contribution in [0.3, 0.4) is 0 Å². The largest absolute Gasteiger partial charge is 0.484 e. The van der Waals surface area contributed by atoms with Gasteiger partial charge in [0, 0.05) is 16.2 Å². The molecule has 1 aromatic heterocycles. The van der Waals surface area contributed by atoms with E-state index >= 15 is 0 Å². The van der Waals surface area contributed by atoms with E-state index < -0.39 is 5.91 Å². The number of anilines is 1. The van der Waals surface area contributed by atoms with E-state index in [4.69, 9.17) is 10.5 Å². The van der Waals surface area contributed by atoms with Crippen molar-refractivity contribution < 1.29 is 14.3 Å². The highest BCUT2D eigenvalue weighted by atomic mass is 79.9. The van der Waals surface area contributed by atoms with Crippen molar-refractivity contribution in [3.8, 4) is 5.75 Å². The molecule has 1 heterocycles. The van der Waals surface area contributed by atoms with Crippen LogP contribution >= 0.6 is 15.9 Å². The molecule has 0 radical (unpaired) electrons. The third-order valence-electron chi connectivity index (χ3n) is 2.50. The van der Waals surface area contributed by atoms with Crippen LogP contribution in [0.4, 0.5) is 5.82 Å². The van der Waals surface area contributed by atoms with Gasteiger partial charge in [0.05, 0.1) is 0 Å². The van der Waals surface area contributed by atoms with E-state index in [0.29, 0.717) is 5.75 Å². The first-order valence-corrected chi connectivity index (χ1v) is 6.78. The average molecular weight is 350 g/mol. The van der Waals surface area contributed by atoms with Gasteiger partial charge < -0.3 is 15.8 Å². The molecule has 2 rings (SSSR count). The lowest BCUT2D eigenvalue weighted by Crippen LogP contribution is -2.21. The zero-order valence-electron chi connectivity index (χ0n) is 10.9. The Bertz CT molecular complexity index is 659. The summed E-state index contributed by atoms with van der Waals surface area (Å²) in [5.41, 5.74) is 5.42. The smallest absolute Gasteiger partial charge is 0.263 e. The average Bonchev–Trinajstić information content (AvgIpc) is 2.47. The van der Waals surface area contributed by atoms with Crippen LogP contribution in [0.5, 0.6) is 5.75 Å². The van der Waals surface area contributed by atoms with Gasteiger partial charge in [-0.1, -0.05) is 15.9 Å². The molecule has 21 heavy (non-hydrogen) atoms. The van der Waals surface area contributed by atoms with Crippen LogP contribution in [-0.4, -0.2) is 23.4 Å². The number of halogens is 1. The topological polar surface area (TPSA) is 94.3 Å². The Hall–Kier alpha value is -2.41. The van der Waals surface area contributed by atoms with E-state index in [1.165, 1.54) is 18.3 Å². The van der Waals surface area contributed by atoms with Crippen molar-refractivity contribution in [3.05, 3.63) is 52.6 Å². The Labute approximate surface area is 129 Å². The zero-order chi connectivity index (χ0) is 15.2. The minimum absolute atomic E-state index is 0.163. The summed E-state index contributed by atoms with van der Waals surface area (Å²) in [6.07, 6.45) is 1.39. The molecule has 0 fully saturated rings. The molecule has 0 spiro atoms. The molecule has 1 aromatic carbocycles. The molecule has 0 saturated carbocycles. The number of hydrogen-bond donors (Lipinski definition) is 2. The minimum Gasteiger partial charge on any atom is -0.484 e. The van der Waals surface area contributed by atoms with Gasteiger partial charge in [0.1, 0.15) is 11.6 Å². The highest BCUT2D eigenvalue weighted by molar-refractivity contribution is 9.10. The first kappa shape index (κ1) is 15.0. The SMILES string of the molecule is NC(=O)c1ccnc(NC(=O)COc2ccc(Br)cc2)c1. The zero-order valence-corrected chi connectivity index (χ0v) is 12.5. The Balaban J connectivity index is 1.91. The van der Waals surface area contributed by atoms with Crippen molar-refractivity contribution >= 4 is 33.6 Å². The van der Waals surface area contributed by atoms with Crippen molar-refractivity contribution in [1.29, 1.82) is 0 Å². The van der Waals surface area contributed by atoms with Gasteiger partial charge in [-0.2, -0.15) is 0 Å². The Morgan fingerprint density at radius 2 is 1.95 bits per heavy atom. The standard InChI is InChI=1S/C14H12BrN3O3/c15-10-1-3-11(4-2-10)21-8-13(19)18-12-7-9(14(16)20)5-6-17-12/h1-7H,8H2,(H2,16,20)(H,17,18,19). The number of hydrogen-bond acceptors (Lipinski definition) is 4. The molecule has 0 aliphatic heterocycles. The van der Waals surface area contributed by atoms with Gasteiger partial charge in [0.15, 0.2) is 6.61 Å². The number of primary amides is 1. The number of ether oxygens (including phenoxy) is 1. The summed E-state index contributed by atoms with van der Waals surface area (Å²) in [6, 6.07) is 9.97. The number of carbonyl (C=O) groups excluding carboxylic acids is 2. The van der Waals surface area contributed by atoms with Gasteiger partial charge in [-0.25, -0.2) is 4.98 Å². The normalized spacial score (nSPS) is 9.95. The number of rotatable bonds is 5. The molecule has 0 bridgehead atoms. The van der Waals surface area contributed by atoms with E-state index in [-0.39, 0.29) is 23.9 Å². The van der Waals surface area contributed by atoms with E-state index in [0.717, 1.165) is 4.47 Å². The van der Waals surface area contributed by atoms with Crippen LogP contribution in [0.25, 0.3) is 0 Å². The Kier molecular flexibility index (Phi) is 4.89. The van der Waals surface area contributed by atoms with E-state index in [1.807, 2.05) is 12.1 Å². The fourth-order valence-corrected chi connectivity index (χ4v) is 1.78.